The molecule has 3 aromatic rings. The first-order chi connectivity index (χ1) is 14.0. The second kappa shape index (κ2) is 8.30. The largest absolute Gasteiger partial charge is 0.506 e. The van der Waals surface area contributed by atoms with Crippen molar-refractivity contribution < 1.29 is 14.6 Å². The number of para-hydroxylation sites is 2. The summed E-state index contributed by atoms with van der Waals surface area (Å²) in [5.74, 6) is 0.530. The highest BCUT2D eigenvalue weighted by Crippen LogP contribution is 2.44. The van der Waals surface area contributed by atoms with E-state index in [1.807, 2.05) is 48.5 Å². The van der Waals surface area contributed by atoms with Gasteiger partial charge in [-0.1, -0.05) is 52.3 Å². The minimum Gasteiger partial charge on any atom is -0.506 e. The summed E-state index contributed by atoms with van der Waals surface area (Å²) in [4.78, 5) is 13.0. The lowest BCUT2D eigenvalue weighted by molar-refractivity contribution is -0.121. The van der Waals surface area contributed by atoms with E-state index in [4.69, 9.17) is 4.74 Å². The van der Waals surface area contributed by atoms with Gasteiger partial charge in [-0.25, -0.2) is 5.43 Å². The SMILES string of the molecule is O=C(N/N=C/c1c(Br)cc(Br)c(O)c1Br)C1c2ccccc2Oc2ccccc21. The number of nitrogens with zero attached hydrogens (tertiary/aromatic N) is 1. The summed E-state index contributed by atoms with van der Waals surface area (Å²) < 4.78 is 7.62. The molecule has 1 amide bonds. The molecule has 0 saturated heterocycles. The van der Waals surface area contributed by atoms with Gasteiger partial charge in [-0.2, -0.15) is 5.10 Å². The van der Waals surface area contributed by atoms with Crippen molar-refractivity contribution in [1.82, 2.24) is 5.43 Å². The topological polar surface area (TPSA) is 70.9 Å². The lowest BCUT2D eigenvalue weighted by atomic mass is 9.87. The summed E-state index contributed by atoms with van der Waals surface area (Å²) in [6.07, 6.45) is 1.47. The summed E-state index contributed by atoms with van der Waals surface area (Å²) >= 11 is 10.0. The number of ether oxygens (including phenoxy) is 1. The van der Waals surface area contributed by atoms with Gasteiger partial charge >= 0.3 is 0 Å². The Morgan fingerprint density at radius 2 is 1.59 bits per heavy atom. The Kier molecular flexibility index (Phi) is 5.76. The molecular weight excluding hydrogens is 568 g/mol. The Labute approximate surface area is 192 Å². The van der Waals surface area contributed by atoms with Crippen molar-refractivity contribution >= 4 is 59.9 Å². The van der Waals surface area contributed by atoms with Crippen LogP contribution >= 0.6 is 47.8 Å². The fraction of sp³-hybridized carbons (Fsp3) is 0.0476. The van der Waals surface area contributed by atoms with Crippen molar-refractivity contribution in [2.45, 2.75) is 5.92 Å². The number of hydrazone groups is 1. The second-order valence-electron chi connectivity index (χ2n) is 6.26. The number of carbonyl (C=O) groups excluding carboxylic acids is 1. The average molecular weight is 581 g/mol. The van der Waals surface area contributed by atoms with Gasteiger partial charge in [0.25, 0.3) is 5.91 Å². The van der Waals surface area contributed by atoms with Crippen LogP contribution in [-0.4, -0.2) is 17.2 Å². The molecule has 1 aliphatic rings. The summed E-state index contributed by atoms with van der Waals surface area (Å²) in [6, 6.07) is 16.6. The fourth-order valence-electron chi connectivity index (χ4n) is 3.13. The second-order valence-corrected chi connectivity index (χ2v) is 8.76. The van der Waals surface area contributed by atoms with Crippen LogP contribution in [0.25, 0.3) is 0 Å². The first-order valence-corrected chi connectivity index (χ1v) is 10.9. The summed E-state index contributed by atoms with van der Waals surface area (Å²) in [5.41, 5.74) is 4.77. The van der Waals surface area contributed by atoms with Crippen LogP contribution in [0.3, 0.4) is 0 Å². The third-order valence-corrected chi connectivity index (χ3v) is 6.56. The maximum Gasteiger partial charge on any atom is 0.252 e. The zero-order valence-electron chi connectivity index (χ0n) is 14.7. The van der Waals surface area contributed by atoms with E-state index in [0.29, 0.717) is 30.5 Å². The Bertz CT molecular complexity index is 1100. The number of carbonyl (C=O) groups is 1. The van der Waals surface area contributed by atoms with E-state index in [1.165, 1.54) is 6.21 Å². The van der Waals surface area contributed by atoms with Gasteiger partial charge in [-0.3, -0.25) is 4.79 Å². The van der Waals surface area contributed by atoms with Gasteiger partial charge in [0, 0.05) is 21.2 Å². The number of halogens is 3. The van der Waals surface area contributed by atoms with Crippen LogP contribution in [0.2, 0.25) is 0 Å². The van der Waals surface area contributed by atoms with Crippen LogP contribution in [0.5, 0.6) is 17.2 Å². The van der Waals surface area contributed by atoms with Crippen LogP contribution in [0.15, 0.2) is 73.1 Å². The van der Waals surface area contributed by atoms with Crippen LogP contribution in [-0.2, 0) is 4.79 Å². The number of phenols is 1. The summed E-state index contributed by atoms with van der Waals surface area (Å²) in [7, 11) is 0. The summed E-state index contributed by atoms with van der Waals surface area (Å²) in [6.45, 7) is 0. The van der Waals surface area contributed by atoms with Gasteiger partial charge < -0.3 is 9.84 Å². The molecule has 1 aliphatic heterocycles. The van der Waals surface area contributed by atoms with E-state index in [9.17, 15) is 9.90 Å². The predicted molar refractivity (Wildman–Crippen MR) is 122 cm³/mol. The summed E-state index contributed by atoms with van der Waals surface area (Å²) in [5, 5.41) is 14.2. The molecule has 29 heavy (non-hydrogen) atoms. The molecule has 0 fully saturated rings. The van der Waals surface area contributed by atoms with Crippen LogP contribution in [0.1, 0.15) is 22.6 Å². The smallest absolute Gasteiger partial charge is 0.252 e. The van der Waals surface area contributed by atoms with Crippen LogP contribution in [0, 0.1) is 0 Å². The molecular formula is C21H13Br3N2O3. The van der Waals surface area contributed by atoms with Gasteiger partial charge in [0.05, 0.1) is 21.1 Å². The number of hydrogen-bond acceptors (Lipinski definition) is 4. The average Bonchev–Trinajstić information content (AvgIpc) is 2.72. The zero-order valence-corrected chi connectivity index (χ0v) is 19.5. The highest BCUT2D eigenvalue weighted by Gasteiger charge is 2.32. The standard InChI is InChI=1S/C21H13Br3N2O3/c22-14-9-15(23)20(27)19(24)13(14)10-25-26-21(28)18-11-5-1-3-7-16(11)29-17-8-4-2-6-12(17)18/h1-10,18,27H,(H,26,28)/b25-10+. The number of amides is 1. The third-order valence-electron chi connectivity index (χ3n) is 4.49. The molecule has 2 N–H and O–H groups in total. The normalized spacial score (nSPS) is 12.9. The first-order valence-electron chi connectivity index (χ1n) is 8.52. The minimum absolute atomic E-state index is 0.0493. The van der Waals surface area contributed by atoms with Crippen molar-refractivity contribution in [2.24, 2.45) is 5.10 Å². The number of hydrogen-bond donors (Lipinski definition) is 2. The predicted octanol–water partition coefficient (Wildman–Crippen LogP) is 6.07. The lowest BCUT2D eigenvalue weighted by Gasteiger charge is -2.26. The van der Waals surface area contributed by atoms with Gasteiger partial charge in [0.15, 0.2) is 0 Å². The first kappa shape index (κ1) is 20.1. The molecule has 0 aliphatic carbocycles. The highest BCUT2D eigenvalue weighted by atomic mass is 79.9. The molecule has 0 saturated carbocycles. The van der Waals surface area contributed by atoms with E-state index in [2.05, 4.69) is 58.3 Å². The van der Waals surface area contributed by atoms with Crippen molar-refractivity contribution in [3.63, 3.8) is 0 Å². The number of fused-ring (bicyclic) bond motifs is 2. The van der Waals surface area contributed by atoms with Crippen molar-refractivity contribution in [1.29, 1.82) is 0 Å². The molecule has 0 bridgehead atoms. The molecule has 1 heterocycles. The third kappa shape index (κ3) is 3.84. The quantitative estimate of drug-likeness (QED) is 0.292. The van der Waals surface area contributed by atoms with E-state index in [0.717, 1.165) is 11.1 Å². The molecule has 0 spiro atoms. The molecule has 146 valence electrons. The number of aromatic hydroxyl groups is 1. The minimum atomic E-state index is -0.543. The van der Waals surface area contributed by atoms with Gasteiger partial charge in [-0.15, -0.1) is 0 Å². The fourth-order valence-corrected chi connectivity index (χ4v) is 5.46. The van der Waals surface area contributed by atoms with Gasteiger partial charge in [0.1, 0.15) is 17.2 Å². The van der Waals surface area contributed by atoms with E-state index < -0.39 is 5.92 Å². The molecule has 0 atom stereocenters. The molecule has 0 unspecified atom stereocenters. The Morgan fingerprint density at radius 1 is 1.00 bits per heavy atom. The molecule has 0 radical (unpaired) electrons. The number of benzene rings is 3. The van der Waals surface area contributed by atoms with Crippen molar-refractivity contribution in [3.05, 3.63) is 84.7 Å². The molecule has 8 heteroatoms. The van der Waals surface area contributed by atoms with Gasteiger partial charge in [-0.05, 0) is 50.1 Å². The van der Waals surface area contributed by atoms with E-state index in [1.54, 1.807) is 6.07 Å². The van der Waals surface area contributed by atoms with E-state index >= 15 is 0 Å². The zero-order chi connectivity index (χ0) is 20.5. The molecule has 0 aromatic heterocycles. The number of nitrogens with one attached hydrogen (secondary N) is 1. The molecule has 5 nitrogen and oxygen atoms in total. The maximum absolute atomic E-state index is 13.0. The highest BCUT2D eigenvalue weighted by molar-refractivity contribution is 9.11. The Hall–Kier alpha value is -2.16. The maximum atomic E-state index is 13.0. The van der Waals surface area contributed by atoms with Crippen molar-refractivity contribution in [2.75, 3.05) is 0 Å². The lowest BCUT2D eigenvalue weighted by Crippen LogP contribution is -2.28. The Balaban J connectivity index is 1.64. The monoisotopic (exact) mass is 578 g/mol. The van der Waals surface area contributed by atoms with Gasteiger partial charge in [0.2, 0.25) is 0 Å². The number of phenolic OH excluding ortho intramolecular Hbond substituents is 1. The molecule has 3 aromatic carbocycles. The van der Waals surface area contributed by atoms with E-state index in [-0.39, 0.29) is 11.7 Å². The van der Waals surface area contributed by atoms with Crippen LogP contribution < -0.4 is 10.2 Å². The molecule has 4 rings (SSSR count). The van der Waals surface area contributed by atoms with Crippen LogP contribution in [0.4, 0.5) is 0 Å². The number of rotatable bonds is 3. The Morgan fingerprint density at radius 3 is 2.21 bits per heavy atom. The van der Waals surface area contributed by atoms with Crippen molar-refractivity contribution in [3.8, 4) is 17.2 Å².